The molecule has 0 radical (unpaired) electrons. The second-order valence-corrected chi connectivity index (χ2v) is 31.1. The summed E-state index contributed by atoms with van der Waals surface area (Å²) in [5.41, 5.74) is 0. The van der Waals surface area contributed by atoms with Crippen molar-refractivity contribution in [3.05, 3.63) is 182 Å². The molecule has 0 bridgehead atoms. The molecule has 111 heavy (non-hydrogen) atoms. The van der Waals surface area contributed by atoms with Crippen LogP contribution in [0.5, 0.6) is 0 Å². The van der Waals surface area contributed by atoms with E-state index in [1.165, 1.54) is 122 Å². The second-order valence-electron chi connectivity index (χ2n) is 28.2. The number of carbonyl (C=O) groups excluding carboxylic acids is 3. The van der Waals surface area contributed by atoms with E-state index >= 15 is 0 Å². The van der Waals surface area contributed by atoms with E-state index in [0.717, 1.165) is 141 Å². The third-order valence-electron chi connectivity index (χ3n) is 17.6. The monoisotopic (exact) mass is 1590 g/mol. The van der Waals surface area contributed by atoms with E-state index in [9.17, 15) is 43.5 Å². The average Bonchev–Trinajstić information content (AvgIpc) is 0.901. The Bertz CT molecular complexity index is 2750. The van der Waals surface area contributed by atoms with Crippen LogP contribution in [0.1, 0.15) is 329 Å². The second kappa shape index (κ2) is 84.1. The van der Waals surface area contributed by atoms with Gasteiger partial charge in [0.05, 0.1) is 26.4 Å². The summed E-state index contributed by atoms with van der Waals surface area (Å²) in [5.74, 6) is -1.68. The van der Waals surface area contributed by atoms with Crippen LogP contribution in [0.2, 0.25) is 0 Å². The third-order valence-corrected chi connectivity index (χ3v) is 19.5. The quantitative estimate of drug-likeness (QED) is 0.0146. The normalized spacial score (nSPS) is 14.8. The lowest BCUT2D eigenvalue weighted by Gasteiger charge is -2.21. The Morgan fingerprint density at radius 1 is 0.261 bits per heavy atom. The van der Waals surface area contributed by atoms with E-state index in [1.807, 2.05) is 18.2 Å². The SMILES string of the molecule is CC/C=C\C/C=C\C/C=C\C/C=C\C/C=C\C/C=C\CCC(=O)OC(COC(=O)CCCCCCCCCCCCC/C=C\C/C=C\C/C=C\C/C=C\C/C=C\CC)COP(=O)(O)OCC(O)COP(=O)(O)OCC(O)COC(=O)CCCCCCCCCCCCCCC/C=C\C/C=C\C/C=C\C/C=C\CCCCC. The number of aliphatic hydroxyl groups is 2. The first-order valence-electron chi connectivity index (χ1n) is 43.1. The van der Waals surface area contributed by atoms with Crippen LogP contribution in [0.3, 0.4) is 0 Å². The topological polar surface area (TPSA) is 231 Å². The molecule has 5 unspecified atom stereocenters. The fourth-order valence-electron chi connectivity index (χ4n) is 11.1. The number of aliphatic hydroxyl groups excluding tert-OH is 2. The van der Waals surface area contributed by atoms with E-state index in [0.29, 0.717) is 25.7 Å². The zero-order chi connectivity index (χ0) is 80.8. The number of allylic oxidation sites excluding steroid dienone is 30. The summed E-state index contributed by atoms with van der Waals surface area (Å²) in [6.45, 7) is 2.34. The molecule has 0 fully saturated rings. The Labute approximate surface area is 675 Å². The predicted octanol–water partition coefficient (Wildman–Crippen LogP) is 26.1. The lowest BCUT2D eigenvalue weighted by atomic mass is 10.0. The van der Waals surface area contributed by atoms with Crippen LogP contribution in [0.25, 0.3) is 0 Å². The molecule has 16 nitrogen and oxygen atoms in total. The van der Waals surface area contributed by atoms with Gasteiger partial charge in [-0.15, -0.1) is 0 Å². The van der Waals surface area contributed by atoms with Crippen molar-refractivity contribution in [2.24, 2.45) is 0 Å². The molecule has 0 saturated heterocycles. The van der Waals surface area contributed by atoms with Crippen LogP contribution < -0.4 is 0 Å². The van der Waals surface area contributed by atoms with E-state index < -0.39 is 91.5 Å². The first-order valence-corrected chi connectivity index (χ1v) is 46.1. The zero-order valence-corrected chi connectivity index (χ0v) is 71.1. The van der Waals surface area contributed by atoms with E-state index in [4.69, 9.17) is 32.3 Å². The molecule has 0 aliphatic rings. The minimum absolute atomic E-state index is 0.0272. The van der Waals surface area contributed by atoms with Gasteiger partial charge in [-0.1, -0.05) is 344 Å². The maximum Gasteiger partial charge on any atom is 0.472 e. The Hall–Kier alpha value is -5.35. The van der Waals surface area contributed by atoms with Gasteiger partial charge in [-0.25, -0.2) is 9.13 Å². The highest BCUT2D eigenvalue weighted by atomic mass is 31.2. The molecule has 18 heteroatoms. The number of carbonyl (C=O) groups is 3. The van der Waals surface area contributed by atoms with Crippen molar-refractivity contribution in [3.63, 3.8) is 0 Å². The molecule has 0 saturated carbocycles. The van der Waals surface area contributed by atoms with Crippen LogP contribution >= 0.6 is 15.6 Å². The maximum atomic E-state index is 13.0. The lowest BCUT2D eigenvalue weighted by molar-refractivity contribution is -0.161. The van der Waals surface area contributed by atoms with Gasteiger partial charge in [0.2, 0.25) is 0 Å². The summed E-state index contributed by atoms with van der Waals surface area (Å²) < 4.78 is 61.2. The van der Waals surface area contributed by atoms with E-state index in [-0.39, 0.29) is 19.3 Å². The van der Waals surface area contributed by atoms with Crippen LogP contribution in [0.4, 0.5) is 0 Å². The molecular weight excluding hydrogens is 1430 g/mol. The van der Waals surface area contributed by atoms with Gasteiger partial charge in [-0.05, 0) is 148 Å². The Kier molecular flexibility index (Phi) is 80.0. The number of phosphoric ester groups is 2. The highest BCUT2D eigenvalue weighted by Crippen LogP contribution is 2.45. The van der Waals surface area contributed by atoms with Gasteiger partial charge in [0.15, 0.2) is 6.10 Å². The van der Waals surface area contributed by atoms with Crippen molar-refractivity contribution >= 4 is 33.6 Å². The summed E-state index contributed by atoms with van der Waals surface area (Å²) in [6.07, 6.45) is 110. The number of rotatable bonds is 80. The largest absolute Gasteiger partial charge is 0.472 e. The third kappa shape index (κ3) is 85.4. The first-order chi connectivity index (χ1) is 54.2. The van der Waals surface area contributed by atoms with Crippen LogP contribution in [-0.4, -0.2) is 95.9 Å². The minimum atomic E-state index is -4.96. The van der Waals surface area contributed by atoms with Crippen molar-refractivity contribution in [1.29, 1.82) is 0 Å². The number of esters is 3. The zero-order valence-electron chi connectivity index (χ0n) is 69.3. The molecule has 0 spiro atoms. The fourth-order valence-corrected chi connectivity index (χ4v) is 12.7. The highest BCUT2D eigenvalue weighted by Gasteiger charge is 2.29. The molecule has 0 aromatic heterocycles. The molecule has 5 atom stereocenters. The summed E-state index contributed by atoms with van der Waals surface area (Å²) in [6, 6.07) is 0. The molecule has 0 amide bonds. The number of unbranched alkanes of at least 4 members (excludes halogenated alkanes) is 27. The number of hydrogen-bond acceptors (Lipinski definition) is 14. The molecule has 0 rings (SSSR count). The van der Waals surface area contributed by atoms with Gasteiger partial charge in [0, 0.05) is 19.3 Å². The smallest absolute Gasteiger partial charge is 0.463 e. The highest BCUT2D eigenvalue weighted by molar-refractivity contribution is 7.47. The minimum Gasteiger partial charge on any atom is -0.463 e. The summed E-state index contributed by atoms with van der Waals surface area (Å²) in [7, 11) is -9.84. The first kappa shape index (κ1) is 106. The van der Waals surface area contributed by atoms with Gasteiger partial charge in [0.25, 0.3) is 0 Å². The molecule has 4 N–H and O–H groups in total. The molecule has 0 aliphatic heterocycles. The molecule has 0 aromatic rings. The van der Waals surface area contributed by atoms with Crippen molar-refractivity contribution in [2.45, 2.75) is 347 Å². The lowest BCUT2D eigenvalue weighted by Crippen LogP contribution is -2.29. The van der Waals surface area contributed by atoms with Crippen molar-refractivity contribution < 1.29 is 75.8 Å². The Morgan fingerprint density at radius 3 is 0.793 bits per heavy atom. The molecule has 0 heterocycles. The standard InChI is InChI=1S/C93H154O16P2/c1-4-7-10-13-16-19-22-25-28-31-34-36-38-40-42-43-45-47-48-50-53-55-58-61-64-67-70-73-76-79-91(96)103-82-88(94)83-105-110(99,100)106-84-89(95)85-107-111(101,102)108-87-90(109-93(98)81-78-75-72-69-66-63-60-57-52-33-30-27-24-21-18-15-12-9-6-3)86-104-92(97)80-77-74-71-68-65-62-59-56-54-51-49-46-44-41-39-37-35-32-29-26-23-20-17-14-11-8-5-2/h8-9,11-12,16-21,25-30,34-37,40-42,44,52,57,63,66,72,75,88-90,94-95H,4-7,10,13-15,22-24,31-33,38-39,43,45-51,53-56,58-62,64-65,67-71,73-74,76-87H2,1-3H3,(H,99,100)(H,101,102)/b11-8-,12-9-,19-16-,20-17-,21-18-,28-25-,29-26-,30-27-,36-34-,37-35-,42-40-,44-41-,57-52-,66-63-,75-72-. The van der Waals surface area contributed by atoms with Crippen molar-refractivity contribution in [1.82, 2.24) is 0 Å². The van der Waals surface area contributed by atoms with E-state index in [1.54, 1.807) is 0 Å². The maximum absolute atomic E-state index is 13.0. The van der Waals surface area contributed by atoms with Crippen LogP contribution in [0, 0.1) is 0 Å². The van der Waals surface area contributed by atoms with E-state index in [2.05, 4.69) is 185 Å². The fraction of sp³-hybridized carbons (Fsp3) is 0.645. The predicted molar refractivity (Wildman–Crippen MR) is 463 cm³/mol. The Morgan fingerprint density at radius 2 is 0.495 bits per heavy atom. The molecular formula is C93H154O16P2. The van der Waals surface area contributed by atoms with Gasteiger partial charge in [0.1, 0.15) is 25.4 Å². The summed E-state index contributed by atoms with van der Waals surface area (Å²) in [4.78, 5) is 58.8. The van der Waals surface area contributed by atoms with Crippen LogP contribution in [0.15, 0.2) is 182 Å². The van der Waals surface area contributed by atoms with Crippen molar-refractivity contribution in [3.8, 4) is 0 Å². The van der Waals surface area contributed by atoms with Crippen LogP contribution in [-0.2, 0) is 55.8 Å². The number of phosphoric acid groups is 2. The van der Waals surface area contributed by atoms with Crippen molar-refractivity contribution in [2.75, 3.05) is 39.6 Å². The molecule has 632 valence electrons. The summed E-state index contributed by atoms with van der Waals surface area (Å²) >= 11 is 0. The number of hydrogen-bond donors (Lipinski definition) is 4. The molecule has 0 aromatic carbocycles. The van der Waals surface area contributed by atoms with Gasteiger partial charge in [-0.3, -0.25) is 32.5 Å². The van der Waals surface area contributed by atoms with Gasteiger partial charge >= 0.3 is 33.6 Å². The van der Waals surface area contributed by atoms with Gasteiger partial charge < -0.3 is 34.2 Å². The summed E-state index contributed by atoms with van der Waals surface area (Å²) in [5, 5.41) is 20.7. The van der Waals surface area contributed by atoms with Gasteiger partial charge in [-0.2, -0.15) is 0 Å². The average molecular weight is 1590 g/mol. The Balaban J connectivity index is 4.65. The molecule has 0 aliphatic carbocycles. The number of ether oxygens (including phenoxy) is 3.